The van der Waals surface area contributed by atoms with Crippen LogP contribution in [0, 0.1) is 5.82 Å². The molecule has 1 spiro atoms. The largest absolute Gasteiger partial charge is 0.325 e. The van der Waals surface area contributed by atoms with Gasteiger partial charge in [-0.1, -0.05) is 31.0 Å². The van der Waals surface area contributed by atoms with Crippen LogP contribution in [0.1, 0.15) is 36.6 Å². The van der Waals surface area contributed by atoms with Gasteiger partial charge in [-0.3, -0.25) is 14.5 Å². The summed E-state index contributed by atoms with van der Waals surface area (Å²) in [6.45, 7) is 0.176. The Hall–Kier alpha value is -2.09. The second kappa shape index (κ2) is 6.57. The van der Waals surface area contributed by atoms with Crippen LogP contribution >= 0.6 is 11.8 Å². The van der Waals surface area contributed by atoms with Crippen LogP contribution in [-0.2, 0) is 9.59 Å². The number of amides is 4. The molecule has 1 atom stereocenters. The number of benzene rings is 1. The van der Waals surface area contributed by atoms with E-state index in [0.29, 0.717) is 30.7 Å². The molecule has 2 aliphatic heterocycles. The maximum atomic E-state index is 14.1. The number of rotatable bonds is 3. The van der Waals surface area contributed by atoms with Crippen LogP contribution in [0.4, 0.5) is 9.18 Å². The third kappa shape index (κ3) is 2.76. The highest BCUT2D eigenvalue weighted by molar-refractivity contribution is 7.99. The molecule has 6 nitrogen and oxygen atoms in total. The van der Waals surface area contributed by atoms with Crippen LogP contribution in [-0.4, -0.2) is 52.0 Å². The number of nitrogens with one attached hydrogen (secondary N) is 1. The van der Waals surface area contributed by atoms with Crippen LogP contribution in [0.15, 0.2) is 24.3 Å². The molecule has 138 valence electrons. The Bertz CT molecular complexity index is 766. The number of imide groups is 1. The Morgan fingerprint density at radius 3 is 2.73 bits per heavy atom. The first-order valence-corrected chi connectivity index (χ1v) is 9.86. The first-order valence-electron chi connectivity index (χ1n) is 8.81. The molecule has 1 saturated carbocycles. The van der Waals surface area contributed by atoms with E-state index in [2.05, 4.69) is 5.32 Å². The molecule has 1 aromatic carbocycles. The molecule has 0 radical (unpaired) electrons. The van der Waals surface area contributed by atoms with Gasteiger partial charge in [0.05, 0.1) is 0 Å². The molecule has 1 aromatic rings. The quantitative estimate of drug-likeness (QED) is 0.821. The Labute approximate surface area is 155 Å². The lowest BCUT2D eigenvalue weighted by atomic mass is 9.98. The minimum Gasteiger partial charge on any atom is -0.324 e. The lowest BCUT2D eigenvalue weighted by Gasteiger charge is -2.26. The van der Waals surface area contributed by atoms with Crippen molar-refractivity contribution in [3.8, 4) is 0 Å². The second-order valence-corrected chi connectivity index (χ2v) is 8.13. The minimum absolute atomic E-state index is 0.294. The predicted molar refractivity (Wildman–Crippen MR) is 94.8 cm³/mol. The van der Waals surface area contributed by atoms with Crippen molar-refractivity contribution in [3.05, 3.63) is 35.6 Å². The maximum Gasteiger partial charge on any atom is 0.325 e. The monoisotopic (exact) mass is 377 g/mol. The summed E-state index contributed by atoms with van der Waals surface area (Å²) in [7, 11) is 0. The van der Waals surface area contributed by atoms with E-state index >= 15 is 0 Å². The van der Waals surface area contributed by atoms with E-state index in [0.717, 1.165) is 17.7 Å². The number of nitrogens with zero attached hydrogens (tertiary/aromatic N) is 2. The number of hydrogen-bond donors (Lipinski definition) is 1. The van der Waals surface area contributed by atoms with Gasteiger partial charge in [0.15, 0.2) is 0 Å². The molecule has 2 saturated heterocycles. The Morgan fingerprint density at radius 2 is 2.00 bits per heavy atom. The predicted octanol–water partition coefficient (Wildman–Crippen LogP) is 2.26. The van der Waals surface area contributed by atoms with Crippen molar-refractivity contribution in [2.45, 2.75) is 36.6 Å². The number of carbonyl (C=O) groups is 3. The van der Waals surface area contributed by atoms with Gasteiger partial charge in [-0.25, -0.2) is 9.18 Å². The highest BCUT2D eigenvalue weighted by Crippen LogP contribution is 2.39. The van der Waals surface area contributed by atoms with E-state index in [1.54, 1.807) is 23.1 Å². The summed E-state index contributed by atoms with van der Waals surface area (Å²) in [6.07, 6.45) is 3.04. The molecule has 8 heteroatoms. The molecular weight excluding hydrogens is 357 g/mol. The van der Waals surface area contributed by atoms with E-state index in [4.69, 9.17) is 0 Å². The summed E-state index contributed by atoms with van der Waals surface area (Å²) in [5.41, 5.74) is -0.366. The molecular formula is C18H20FN3O3S. The highest BCUT2D eigenvalue weighted by Gasteiger charge is 2.53. The molecule has 4 rings (SSSR count). The van der Waals surface area contributed by atoms with Crippen LogP contribution in [0.3, 0.4) is 0 Å². The summed E-state index contributed by atoms with van der Waals surface area (Å²) in [4.78, 5) is 40.4. The zero-order valence-corrected chi connectivity index (χ0v) is 15.1. The zero-order chi connectivity index (χ0) is 18.3. The van der Waals surface area contributed by atoms with Gasteiger partial charge in [-0.15, -0.1) is 11.8 Å². The average molecular weight is 377 g/mol. The van der Waals surface area contributed by atoms with Crippen LogP contribution < -0.4 is 5.32 Å². The van der Waals surface area contributed by atoms with Crippen molar-refractivity contribution in [1.82, 2.24) is 15.1 Å². The van der Waals surface area contributed by atoms with Crippen LogP contribution in [0.25, 0.3) is 0 Å². The third-order valence-electron chi connectivity index (χ3n) is 5.38. The first-order chi connectivity index (χ1) is 12.5. The maximum absolute atomic E-state index is 14.1. The number of thioether (sulfide) groups is 1. The van der Waals surface area contributed by atoms with Crippen molar-refractivity contribution in [2.75, 3.05) is 18.8 Å². The third-order valence-corrected chi connectivity index (χ3v) is 6.62. The summed E-state index contributed by atoms with van der Waals surface area (Å²) in [5.74, 6) is -0.302. The van der Waals surface area contributed by atoms with E-state index in [9.17, 15) is 18.8 Å². The number of halogens is 1. The second-order valence-electron chi connectivity index (χ2n) is 6.94. The standard InChI is InChI=1S/C18H20FN3O3S/c19-13-6-2-1-5-12(13)15-21(9-10-26-15)14(23)11-22-16(24)18(20-17(22)25)7-3-4-8-18/h1-2,5-6,15H,3-4,7-11H2,(H,20,25)/t15-/m0/s1. The van der Waals surface area contributed by atoms with Crippen LogP contribution in [0.2, 0.25) is 0 Å². The fraction of sp³-hybridized carbons (Fsp3) is 0.500. The first kappa shape index (κ1) is 17.3. The van der Waals surface area contributed by atoms with Gasteiger partial charge in [-0.2, -0.15) is 0 Å². The number of carbonyl (C=O) groups excluding carboxylic acids is 3. The summed E-state index contributed by atoms with van der Waals surface area (Å²) < 4.78 is 14.1. The molecule has 3 fully saturated rings. The van der Waals surface area contributed by atoms with E-state index in [-0.39, 0.29) is 24.2 Å². The topological polar surface area (TPSA) is 69.7 Å². The van der Waals surface area contributed by atoms with Crippen molar-refractivity contribution in [1.29, 1.82) is 0 Å². The Kier molecular flexibility index (Phi) is 4.38. The van der Waals surface area contributed by atoms with Gasteiger partial charge in [0.2, 0.25) is 5.91 Å². The summed E-state index contributed by atoms with van der Waals surface area (Å²) >= 11 is 1.49. The summed E-state index contributed by atoms with van der Waals surface area (Å²) in [5, 5.41) is 2.35. The van der Waals surface area contributed by atoms with Crippen molar-refractivity contribution in [2.24, 2.45) is 0 Å². The minimum atomic E-state index is -0.817. The zero-order valence-electron chi connectivity index (χ0n) is 14.2. The number of hydrogen-bond acceptors (Lipinski definition) is 4. The highest BCUT2D eigenvalue weighted by atomic mass is 32.2. The fourth-order valence-electron chi connectivity index (χ4n) is 4.02. The normalized spacial score (nSPS) is 24.6. The molecule has 1 aliphatic carbocycles. The van der Waals surface area contributed by atoms with Crippen molar-refractivity contribution >= 4 is 29.6 Å². The SMILES string of the molecule is O=C1NC2(CCCC2)C(=O)N1CC(=O)N1CCS[C@H]1c1ccccc1F. The van der Waals surface area contributed by atoms with E-state index < -0.39 is 16.9 Å². The van der Waals surface area contributed by atoms with Crippen LogP contribution in [0.5, 0.6) is 0 Å². The smallest absolute Gasteiger partial charge is 0.324 e. The lowest BCUT2D eigenvalue weighted by Crippen LogP contribution is -2.46. The lowest BCUT2D eigenvalue weighted by molar-refractivity contribution is -0.139. The summed E-state index contributed by atoms with van der Waals surface area (Å²) in [6, 6.07) is 5.89. The van der Waals surface area contributed by atoms with Gasteiger partial charge in [0, 0.05) is 17.9 Å². The van der Waals surface area contributed by atoms with Gasteiger partial charge in [-0.05, 0) is 18.9 Å². The molecule has 2 heterocycles. The molecule has 26 heavy (non-hydrogen) atoms. The van der Waals surface area contributed by atoms with Gasteiger partial charge in [0.1, 0.15) is 23.3 Å². The van der Waals surface area contributed by atoms with Gasteiger partial charge in [0.25, 0.3) is 5.91 Å². The average Bonchev–Trinajstić information content (AvgIpc) is 3.33. The van der Waals surface area contributed by atoms with Gasteiger partial charge >= 0.3 is 6.03 Å². The molecule has 3 aliphatic rings. The van der Waals surface area contributed by atoms with Gasteiger partial charge < -0.3 is 10.2 Å². The molecule has 1 N–H and O–H groups in total. The molecule has 0 aromatic heterocycles. The molecule has 0 bridgehead atoms. The number of urea groups is 1. The fourth-order valence-corrected chi connectivity index (χ4v) is 5.32. The Morgan fingerprint density at radius 1 is 1.27 bits per heavy atom. The molecule has 0 unspecified atom stereocenters. The molecule has 4 amide bonds. The van der Waals surface area contributed by atoms with E-state index in [1.807, 2.05) is 0 Å². The Balaban J connectivity index is 1.50. The van der Waals surface area contributed by atoms with E-state index in [1.165, 1.54) is 17.8 Å². The van der Waals surface area contributed by atoms with Crippen molar-refractivity contribution in [3.63, 3.8) is 0 Å². The van der Waals surface area contributed by atoms with Crippen molar-refractivity contribution < 1.29 is 18.8 Å².